The summed E-state index contributed by atoms with van der Waals surface area (Å²) in [6.45, 7) is 20.5. The van der Waals surface area contributed by atoms with Crippen LogP contribution in [0.15, 0.2) is 0 Å². The molecular weight excluding hydrogens is 324 g/mol. The van der Waals surface area contributed by atoms with Crippen LogP contribution in [-0.4, -0.2) is 47.8 Å². The Hall–Kier alpha value is -1.06. The molecule has 0 heterocycles. The van der Waals surface area contributed by atoms with Gasteiger partial charge in [0.25, 0.3) is 0 Å². The van der Waals surface area contributed by atoms with Gasteiger partial charge in [-0.05, 0) is 36.5 Å². The highest BCUT2D eigenvalue weighted by atomic mass is 16.2. The predicted octanol–water partition coefficient (Wildman–Crippen LogP) is 4.83. The first-order chi connectivity index (χ1) is 12.0. The summed E-state index contributed by atoms with van der Waals surface area (Å²) in [6.07, 6.45) is 2.71. The molecule has 0 N–H and O–H groups in total. The summed E-state index contributed by atoms with van der Waals surface area (Å²) in [5.74, 6) is 2.42. The third-order valence-corrected chi connectivity index (χ3v) is 4.08. The highest BCUT2D eigenvalue weighted by Gasteiger charge is 2.18. The zero-order chi connectivity index (χ0) is 20.3. The molecule has 4 nitrogen and oxygen atoms in total. The molecule has 0 aliphatic heterocycles. The Kier molecular flexibility index (Phi) is 12.6. The van der Waals surface area contributed by atoms with Crippen LogP contribution in [0.4, 0.5) is 0 Å². The minimum Gasteiger partial charge on any atom is -0.342 e. The standard InChI is InChI=1S/C22H44N2O2/c1-17(2)13-23(14-18(3)4)21(25)11-9-10-12-22(26)24(15-19(5)6)16-20(7)8/h17-20H,9-16H2,1-8H3. The molecule has 0 aromatic rings. The summed E-state index contributed by atoms with van der Waals surface area (Å²) in [5.41, 5.74) is 0. The van der Waals surface area contributed by atoms with Crippen molar-refractivity contribution in [3.8, 4) is 0 Å². The molecule has 0 fully saturated rings. The summed E-state index contributed by atoms with van der Waals surface area (Å²) in [4.78, 5) is 29.0. The largest absolute Gasteiger partial charge is 0.342 e. The van der Waals surface area contributed by atoms with Crippen molar-refractivity contribution in [2.45, 2.75) is 81.1 Å². The average molecular weight is 369 g/mol. The molecule has 0 aromatic carbocycles. The van der Waals surface area contributed by atoms with E-state index in [9.17, 15) is 9.59 Å². The van der Waals surface area contributed by atoms with Crippen molar-refractivity contribution in [1.82, 2.24) is 9.80 Å². The fraction of sp³-hybridized carbons (Fsp3) is 0.909. The smallest absolute Gasteiger partial charge is 0.222 e. The summed E-state index contributed by atoms with van der Waals surface area (Å²) < 4.78 is 0. The first-order valence-corrected chi connectivity index (χ1v) is 10.6. The number of carbonyl (C=O) groups is 2. The van der Waals surface area contributed by atoms with Gasteiger partial charge in [0, 0.05) is 39.0 Å². The molecule has 26 heavy (non-hydrogen) atoms. The van der Waals surface area contributed by atoms with Gasteiger partial charge in [-0.3, -0.25) is 9.59 Å². The zero-order valence-electron chi connectivity index (χ0n) is 18.7. The van der Waals surface area contributed by atoms with Crippen molar-refractivity contribution in [1.29, 1.82) is 0 Å². The van der Waals surface area contributed by atoms with Gasteiger partial charge in [-0.1, -0.05) is 55.4 Å². The van der Waals surface area contributed by atoms with Crippen molar-refractivity contribution in [3.05, 3.63) is 0 Å². The number of hydrogen-bond acceptors (Lipinski definition) is 2. The molecule has 0 saturated heterocycles. The second kappa shape index (κ2) is 13.2. The van der Waals surface area contributed by atoms with Crippen LogP contribution in [-0.2, 0) is 9.59 Å². The predicted molar refractivity (Wildman–Crippen MR) is 111 cm³/mol. The van der Waals surface area contributed by atoms with Gasteiger partial charge >= 0.3 is 0 Å². The second-order valence-electron chi connectivity index (χ2n) is 9.38. The highest BCUT2D eigenvalue weighted by molar-refractivity contribution is 5.77. The van der Waals surface area contributed by atoms with E-state index in [2.05, 4.69) is 55.4 Å². The minimum atomic E-state index is 0.237. The quantitative estimate of drug-likeness (QED) is 0.437. The van der Waals surface area contributed by atoms with E-state index in [1.54, 1.807) is 0 Å². The van der Waals surface area contributed by atoms with E-state index >= 15 is 0 Å². The normalized spacial score (nSPS) is 11.7. The number of unbranched alkanes of at least 4 members (excludes halogenated alkanes) is 1. The number of nitrogens with zero attached hydrogens (tertiary/aromatic N) is 2. The van der Waals surface area contributed by atoms with E-state index in [4.69, 9.17) is 0 Å². The summed E-state index contributed by atoms with van der Waals surface area (Å²) in [5, 5.41) is 0. The van der Waals surface area contributed by atoms with Crippen LogP contribution in [0.3, 0.4) is 0 Å². The fourth-order valence-corrected chi connectivity index (χ4v) is 3.19. The van der Waals surface area contributed by atoms with Gasteiger partial charge in [0.05, 0.1) is 0 Å². The Morgan fingerprint density at radius 3 is 0.962 bits per heavy atom. The van der Waals surface area contributed by atoms with Crippen molar-refractivity contribution in [3.63, 3.8) is 0 Å². The lowest BCUT2D eigenvalue weighted by molar-refractivity contribution is -0.134. The monoisotopic (exact) mass is 368 g/mol. The lowest BCUT2D eigenvalue weighted by atomic mass is 10.1. The Balaban J connectivity index is 4.38. The van der Waals surface area contributed by atoms with Crippen LogP contribution in [0.1, 0.15) is 81.1 Å². The highest BCUT2D eigenvalue weighted by Crippen LogP contribution is 2.12. The number of hydrogen-bond donors (Lipinski definition) is 0. The second-order valence-corrected chi connectivity index (χ2v) is 9.38. The van der Waals surface area contributed by atoms with Crippen molar-refractivity contribution in [2.24, 2.45) is 23.7 Å². The molecule has 2 amide bonds. The van der Waals surface area contributed by atoms with Crippen LogP contribution in [0.5, 0.6) is 0 Å². The molecule has 0 aliphatic rings. The van der Waals surface area contributed by atoms with Gasteiger partial charge in [0.2, 0.25) is 11.8 Å². The van der Waals surface area contributed by atoms with Crippen molar-refractivity contribution >= 4 is 11.8 Å². The van der Waals surface area contributed by atoms with Gasteiger partial charge in [-0.25, -0.2) is 0 Å². The summed E-state index contributed by atoms with van der Waals surface area (Å²) in [6, 6.07) is 0. The number of rotatable bonds is 13. The van der Waals surface area contributed by atoms with Crippen LogP contribution < -0.4 is 0 Å². The van der Waals surface area contributed by atoms with Crippen LogP contribution in [0, 0.1) is 23.7 Å². The summed E-state index contributed by atoms with van der Waals surface area (Å²) in [7, 11) is 0. The molecule has 0 aliphatic carbocycles. The first-order valence-electron chi connectivity index (χ1n) is 10.6. The van der Waals surface area contributed by atoms with Gasteiger partial charge in [0.1, 0.15) is 0 Å². The molecule has 0 bridgehead atoms. The maximum Gasteiger partial charge on any atom is 0.222 e. The number of carbonyl (C=O) groups excluding carboxylic acids is 2. The lowest BCUT2D eigenvalue weighted by Gasteiger charge is -2.27. The fourth-order valence-electron chi connectivity index (χ4n) is 3.19. The topological polar surface area (TPSA) is 40.6 Å². The Morgan fingerprint density at radius 2 is 0.769 bits per heavy atom. The maximum absolute atomic E-state index is 12.5. The molecule has 0 atom stereocenters. The van der Waals surface area contributed by atoms with E-state index in [1.165, 1.54) is 0 Å². The maximum atomic E-state index is 12.5. The van der Waals surface area contributed by atoms with Crippen molar-refractivity contribution in [2.75, 3.05) is 26.2 Å². The van der Waals surface area contributed by atoms with Crippen molar-refractivity contribution < 1.29 is 9.59 Å². The van der Waals surface area contributed by atoms with Gasteiger partial charge in [-0.2, -0.15) is 0 Å². The Morgan fingerprint density at radius 1 is 0.538 bits per heavy atom. The van der Waals surface area contributed by atoms with E-state index < -0.39 is 0 Å². The molecule has 4 heteroatoms. The third kappa shape index (κ3) is 12.3. The minimum absolute atomic E-state index is 0.237. The Bertz CT molecular complexity index is 345. The average Bonchev–Trinajstić information content (AvgIpc) is 2.47. The van der Waals surface area contributed by atoms with Crippen LogP contribution in [0.2, 0.25) is 0 Å². The van der Waals surface area contributed by atoms with Gasteiger partial charge < -0.3 is 9.80 Å². The number of amides is 2. The molecule has 0 rings (SSSR count). The molecule has 154 valence electrons. The van der Waals surface area contributed by atoms with E-state index in [1.807, 2.05) is 9.80 Å². The molecule has 0 aromatic heterocycles. The lowest BCUT2D eigenvalue weighted by Crippen LogP contribution is -2.37. The Labute approximate surface area is 162 Å². The molecule has 0 saturated carbocycles. The molecule has 0 radical (unpaired) electrons. The van der Waals surface area contributed by atoms with Gasteiger partial charge in [-0.15, -0.1) is 0 Å². The van der Waals surface area contributed by atoms with Crippen LogP contribution >= 0.6 is 0 Å². The van der Waals surface area contributed by atoms with Gasteiger partial charge in [0.15, 0.2) is 0 Å². The molecule has 0 spiro atoms. The summed E-state index contributed by atoms with van der Waals surface area (Å²) >= 11 is 0. The van der Waals surface area contributed by atoms with E-state index in [0.717, 1.165) is 39.0 Å². The van der Waals surface area contributed by atoms with Crippen LogP contribution in [0.25, 0.3) is 0 Å². The molecular formula is C22H44N2O2. The first kappa shape index (κ1) is 24.9. The SMILES string of the molecule is CC(C)CN(CC(C)C)C(=O)CCCCC(=O)N(CC(C)C)CC(C)C. The van der Waals surface area contributed by atoms with E-state index in [-0.39, 0.29) is 11.8 Å². The molecule has 0 unspecified atom stereocenters. The van der Waals surface area contributed by atoms with E-state index in [0.29, 0.717) is 36.5 Å². The third-order valence-electron chi connectivity index (χ3n) is 4.08. The zero-order valence-corrected chi connectivity index (χ0v) is 18.7.